The minimum atomic E-state index is -2.23. The number of aryl methyl sites for hydroxylation is 1. The highest BCUT2D eigenvalue weighted by molar-refractivity contribution is 7.22. The summed E-state index contributed by atoms with van der Waals surface area (Å²) in [7, 11) is -6.73. The topological polar surface area (TPSA) is 57.3 Å². The first kappa shape index (κ1) is 85.0. The maximum Gasteiger partial charge on any atom is 0.172 e. The molecule has 0 fully saturated rings. The maximum absolute atomic E-state index is 5.86. The number of thiophene rings is 4. The summed E-state index contributed by atoms with van der Waals surface area (Å²) in [6.45, 7) is 63.4. The Bertz CT molecular complexity index is 5760. The van der Waals surface area contributed by atoms with Gasteiger partial charge in [-0.2, -0.15) is 0 Å². The minimum absolute atomic E-state index is 0.00937. The molecule has 596 valence electrons. The Hall–Kier alpha value is -6.93. The Morgan fingerprint density at radius 1 is 0.307 bits per heavy atom. The molecule has 0 saturated heterocycles. The molecule has 8 atom stereocenters. The molecule has 4 heterocycles. The fourth-order valence-electron chi connectivity index (χ4n) is 20.6. The molecule has 4 N–H and O–H groups in total. The summed E-state index contributed by atoms with van der Waals surface area (Å²) in [6.07, 6.45) is 0. The predicted octanol–water partition coefficient (Wildman–Crippen LogP) is 26.2. The van der Waals surface area contributed by atoms with Crippen LogP contribution in [0, 0.1) is 6.92 Å². The second kappa shape index (κ2) is 32.1. The summed E-state index contributed by atoms with van der Waals surface area (Å²) >= 11 is 8.00. The molecule has 5 nitrogen and oxygen atoms in total. The maximum atomic E-state index is 5.86. The van der Waals surface area contributed by atoms with Crippen molar-refractivity contribution in [2.75, 3.05) is 7.11 Å². The zero-order chi connectivity index (χ0) is 82.5. The van der Waals surface area contributed by atoms with Crippen molar-refractivity contribution in [3.63, 3.8) is 0 Å². The number of ether oxygens (including phenoxy) is 1. The monoisotopic (exact) mass is 1650 g/mol. The summed E-state index contributed by atoms with van der Waals surface area (Å²) < 4.78 is 11.5. The number of methoxy groups -OCH3 is 1. The third-order valence-corrected chi connectivity index (χ3v) is 49.6. The van der Waals surface area contributed by atoms with Crippen LogP contribution in [0.1, 0.15) is 233 Å². The van der Waals surface area contributed by atoms with Gasteiger partial charge in [0.2, 0.25) is 0 Å². The van der Waals surface area contributed by atoms with E-state index in [1.165, 1.54) is 122 Å². The van der Waals surface area contributed by atoms with Crippen molar-refractivity contribution in [1.29, 1.82) is 0 Å². The normalized spacial score (nSPS) is 19.1. The van der Waals surface area contributed by atoms with Crippen LogP contribution in [0.4, 0.5) is 0 Å². The fraction of sp³-hybridized carbons (Fsp3) is 0.366. The second-order valence-corrected chi connectivity index (χ2v) is 57.7. The third kappa shape index (κ3) is 15.8. The lowest BCUT2D eigenvalue weighted by Gasteiger charge is -2.43. The Kier molecular flexibility index (Phi) is 23.9. The van der Waals surface area contributed by atoms with E-state index in [0.717, 1.165) is 5.75 Å². The number of hydrogen-bond donors (Lipinski definition) is 4. The number of nitrogens with one attached hydrogen (secondary N) is 4. The van der Waals surface area contributed by atoms with Crippen LogP contribution >= 0.6 is 45.3 Å². The van der Waals surface area contributed by atoms with Gasteiger partial charge < -0.3 is 24.7 Å². The van der Waals surface area contributed by atoms with Gasteiger partial charge in [-0.25, -0.2) is 0 Å². The number of benzene rings is 8. The smallest absolute Gasteiger partial charge is 0.172 e. The van der Waals surface area contributed by atoms with Crippen molar-refractivity contribution in [2.45, 2.75) is 236 Å². The van der Waals surface area contributed by atoms with Crippen molar-refractivity contribution >= 4 is 162 Å². The zero-order valence-electron chi connectivity index (χ0n) is 73.5. The van der Waals surface area contributed by atoms with E-state index in [-0.39, 0.29) is 22.2 Å². The second-order valence-electron chi connectivity index (χ2n) is 38.2. The van der Waals surface area contributed by atoms with E-state index in [0.29, 0.717) is 28.1 Å². The molecule has 0 bridgehead atoms. The number of fused-ring (bicyclic) bond motifs is 12. The van der Waals surface area contributed by atoms with Crippen LogP contribution in [0.15, 0.2) is 222 Å². The molecule has 0 spiro atoms. The van der Waals surface area contributed by atoms with Crippen LogP contribution in [-0.2, 0) is 0 Å². The molecule has 16 rings (SSSR count). The molecule has 12 aromatic rings. The third-order valence-electron chi connectivity index (χ3n) is 24.9. The highest BCUT2D eigenvalue weighted by atomic mass is 32.1. The first-order chi connectivity index (χ1) is 53.6. The predicted molar refractivity (Wildman–Crippen MR) is 519 cm³/mol. The van der Waals surface area contributed by atoms with E-state index >= 15 is 0 Å². The molecule has 0 amide bonds. The molecule has 13 heteroatoms. The van der Waals surface area contributed by atoms with E-state index in [2.05, 4.69) is 406 Å². The molecule has 4 aliphatic carbocycles. The molecular formula is C101H126N4OS4Si4. The van der Waals surface area contributed by atoms with Crippen molar-refractivity contribution in [3.8, 4) is 5.75 Å². The standard InChI is InChI=1S/C27H35NSSi.C25H31NOSSi.C25H31NSSi.C24H29NSSi/c1-17(2)20-13-10-12-16-23(20)30(8,28-27(5,6)7)26-19(4)18(3)24-21-14-9-11-15-22(21)29-25(24)26;1-16-17(2)24(23-22(16)18-12-8-10-14-20(18)28-23)29(7,26-25(3,4)5)21-15-11-9-13-19(21)27-6;1-16-12-8-11-15-21(16)28(7,26-25(4,5)6)24-18(3)17(2)22-19-13-9-10-14-20(19)27-23(22)24;1-16-17(2)23(22-21(16)19-14-10-11-15-20(19)26-22)27(6,25-24(3,4)5)18-12-8-7-9-13-18/h9-17,26,28H,1-8H3;8-15,24,26H,1-7H3;8-15,24,26H,1-7H3;7-15,23,25H,1-6H3. The highest BCUT2D eigenvalue weighted by Gasteiger charge is 2.53. The SMILES string of the molecule is CC1=C(C)C([Si](C)(NC(C)(C)C)c2ccccc2)c2sc3ccccc3c21.CC1=C(C)C([Si](C)(NC(C)(C)C)c2ccccc2C(C)C)c2sc3ccccc3c21.CC1=C(C)C([Si](C)(NC(C)(C)C)c2ccccc2C)c2sc3ccccc3c21.COc1ccccc1[Si](C)(NC(C)(C)C)C1C(C)=C(C)c2c1sc1ccccc21. The van der Waals surface area contributed by atoms with E-state index < -0.39 is 32.9 Å². The van der Waals surface area contributed by atoms with Gasteiger partial charge in [0.25, 0.3) is 0 Å². The van der Waals surface area contributed by atoms with Gasteiger partial charge in [0.1, 0.15) is 5.75 Å². The van der Waals surface area contributed by atoms with Crippen LogP contribution in [0.2, 0.25) is 26.2 Å². The van der Waals surface area contributed by atoms with Crippen LogP contribution in [0.25, 0.3) is 62.6 Å². The van der Waals surface area contributed by atoms with Gasteiger partial charge in [-0.3, -0.25) is 0 Å². The van der Waals surface area contributed by atoms with Crippen molar-refractivity contribution in [2.24, 2.45) is 0 Å². The summed E-state index contributed by atoms with van der Waals surface area (Å²) in [4.78, 5) is 22.9. The fourth-order valence-corrected chi connectivity index (χ4v) is 49.9. The van der Waals surface area contributed by atoms with Crippen LogP contribution in [0.5, 0.6) is 5.75 Å². The Morgan fingerprint density at radius 3 is 0.904 bits per heavy atom. The molecule has 114 heavy (non-hydrogen) atoms. The van der Waals surface area contributed by atoms with E-state index in [9.17, 15) is 0 Å². The van der Waals surface area contributed by atoms with Gasteiger partial charge in [0.05, 0.1) is 7.11 Å². The van der Waals surface area contributed by atoms with Gasteiger partial charge in [0.15, 0.2) is 32.9 Å². The molecule has 4 aliphatic rings. The quantitative estimate of drug-likeness (QED) is 0.0818. The van der Waals surface area contributed by atoms with Crippen LogP contribution < -0.4 is 45.4 Å². The van der Waals surface area contributed by atoms with Gasteiger partial charge in [-0.05, 0) is 253 Å². The average molecular weight is 1650 g/mol. The van der Waals surface area contributed by atoms with Gasteiger partial charge in [0, 0.05) is 104 Å². The summed E-state index contributed by atoms with van der Waals surface area (Å²) in [5, 5.41) is 11.6. The highest BCUT2D eigenvalue weighted by Crippen LogP contribution is 2.57. The zero-order valence-corrected chi connectivity index (χ0v) is 80.7. The molecule has 0 aliphatic heterocycles. The van der Waals surface area contributed by atoms with Gasteiger partial charge >= 0.3 is 0 Å². The lowest BCUT2D eigenvalue weighted by Crippen LogP contribution is -2.68. The Labute approximate surface area is 704 Å². The van der Waals surface area contributed by atoms with Crippen molar-refractivity contribution in [1.82, 2.24) is 19.9 Å². The van der Waals surface area contributed by atoms with Gasteiger partial charge in [-0.1, -0.05) is 238 Å². The van der Waals surface area contributed by atoms with Crippen molar-refractivity contribution < 1.29 is 4.74 Å². The lowest BCUT2D eigenvalue weighted by molar-refractivity contribution is 0.417. The largest absolute Gasteiger partial charge is 0.497 e. The van der Waals surface area contributed by atoms with Crippen LogP contribution in [-0.4, -0.2) is 62.2 Å². The molecule has 8 unspecified atom stereocenters. The number of rotatable bonds is 14. The number of para-hydroxylation sites is 1. The number of allylic oxidation sites excluding steroid dienone is 8. The van der Waals surface area contributed by atoms with E-state index in [4.69, 9.17) is 4.74 Å². The first-order valence-corrected chi connectivity index (χ1v) is 54.9. The number of hydrogen-bond acceptors (Lipinski definition) is 9. The molecule has 8 aromatic carbocycles. The van der Waals surface area contributed by atoms with E-state index in [1.54, 1.807) is 43.6 Å². The summed E-state index contributed by atoms with van der Waals surface area (Å²) in [6, 6.07) is 73.7. The summed E-state index contributed by atoms with van der Waals surface area (Å²) in [5.41, 5.74) is 23.0. The van der Waals surface area contributed by atoms with Gasteiger partial charge in [-0.15, -0.1) is 45.3 Å². The van der Waals surface area contributed by atoms with E-state index in [1.807, 2.05) is 45.3 Å². The first-order valence-electron chi connectivity index (χ1n) is 41.4. The molecule has 0 saturated carbocycles. The Morgan fingerprint density at radius 2 is 0.570 bits per heavy atom. The molecular weight excluding hydrogens is 1530 g/mol. The summed E-state index contributed by atoms with van der Waals surface area (Å²) in [5.74, 6) is 1.52. The average Bonchev–Trinajstić information content (AvgIpc) is 1.58. The van der Waals surface area contributed by atoms with Crippen molar-refractivity contribution in [3.05, 3.63) is 275 Å². The Balaban J connectivity index is 0.000000133. The molecule has 0 radical (unpaired) electrons. The minimum Gasteiger partial charge on any atom is -0.497 e. The lowest BCUT2D eigenvalue weighted by atomic mass is 10.0. The van der Waals surface area contributed by atoms with Crippen LogP contribution in [0.3, 0.4) is 0 Å². The molecule has 4 aromatic heterocycles.